The lowest BCUT2D eigenvalue weighted by Crippen LogP contribution is -1.77. The molecule has 0 aromatic carbocycles. The third-order valence-corrected chi connectivity index (χ3v) is 1.98. The number of allylic oxidation sites excluding steroid dienone is 2. The van der Waals surface area contributed by atoms with Crippen molar-refractivity contribution in [2.24, 2.45) is 0 Å². The van der Waals surface area contributed by atoms with Gasteiger partial charge < -0.3 is 0 Å². The van der Waals surface area contributed by atoms with Gasteiger partial charge in [0.25, 0.3) is 0 Å². The highest BCUT2D eigenvalue weighted by Crippen LogP contribution is 2.06. The number of halogens is 1. The smallest absolute Gasteiger partial charge is 0.108 e. The van der Waals surface area contributed by atoms with Crippen LogP contribution in [0.3, 0.4) is 0 Å². The van der Waals surface area contributed by atoms with Crippen LogP contribution in [0.1, 0.15) is 51.9 Å². The van der Waals surface area contributed by atoms with Crippen LogP contribution in [0.4, 0.5) is 4.39 Å². The van der Waals surface area contributed by atoms with Crippen molar-refractivity contribution in [2.75, 3.05) is 6.67 Å². The fourth-order valence-electron chi connectivity index (χ4n) is 1.22. The maximum atomic E-state index is 11.6. The molecule has 0 aliphatic carbocycles. The van der Waals surface area contributed by atoms with Gasteiger partial charge in [0.1, 0.15) is 6.67 Å². The molecule has 0 fully saturated rings. The van der Waals surface area contributed by atoms with Gasteiger partial charge in [0.05, 0.1) is 0 Å². The highest BCUT2D eigenvalue weighted by Gasteiger charge is 1.87. The molecule has 0 amide bonds. The molecule has 72 valence electrons. The number of hydrogen-bond acceptors (Lipinski definition) is 0. The maximum Gasteiger partial charge on any atom is 0.108 e. The second-order valence-electron chi connectivity index (χ2n) is 3.18. The molecule has 0 aromatic rings. The van der Waals surface area contributed by atoms with Gasteiger partial charge in [-0.3, -0.25) is 0 Å². The fraction of sp³-hybridized carbons (Fsp3) is 0.818. The molecule has 1 heteroatoms. The minimum absolute atomic E-state index is 0.310. The van der Waals surface area contributed by atoms with Crippen LogP contribution in [0.5, 0.6) is 0 Å². The third-order valence-electron chi connectivity index (χ3n) is 1.98. The molecule has 0 nitrogen and oxygen atoms in total. The number of rotatable bonds is 8. The summed E-state index contributed by atoms with van der Waals surface area (Å²) in [5.74, 6) is 0. The van der Waals surface area contributed by atoms with Gasteiger partial charge in [0.2, 0.25) is 0 Å². The topological polar surface area (TPSA) is 0 Å². The minimum atomic E-state index is -0.310. The van der Waals surface area contributed by atoms with E-state index in [4.69, 9.17) is 0 Å². The Bertz CT molecular complexity index is 97.2. The number of alkyl halides is 1. The normalized spacial score (nSPS) is 11.2. The van der Waals surface area contributed by atoms with Crippen LogP contribution in [-0.4, -0.2) is 6.67 Å². The Morgan fingerprint density at radius 1 is 0.917 bits per heavy atom. The Morgan fingerprint density at radius 3 is 2.25 bits per heavy atom. The molecule has 0 bridgehead atoms. The van der Waals surface area contributed by atoms with Crippen molar-refractivity contribution in [3.8, 4) is 0 Å². The Kier molecular flexibility index (Phi) is 10.4. The van der Waals surface area contributed by atoms with Gasteiger partial charge in [-0.2, -0.15) is 0 Å². The zero-order valence-electron chi connectivity index (χ0n) is 8.19. The molecule has 0 spiro atoms. The van der Waals surface area contributed by atoms with Gasteiger partial charge in [-0.1, -0.05) is 51.2 Å². The van der Waals surface area contributed by atoms with Crippen LogP contribution in [0.2, 0.25) is 0 Å². The molecular weight excluding hydrogens is 151 g/mol. The van der Waals surface area contributed by atoms with E-state index in [2.05, 4.69) is 6.92 Å². The third kappa shape index (κ3) is 9.67. The van der Waals surface area contributed by atoms with E-state index in [0.717, 1.165) is 6.42 Å². The standard InChI is InChI=1S/C11H21F/c1-2-3-4-5-6-7-8-9-10-11-12/h9-10H,2-8,11H2,1H3/b10-9+. The van der Waals surface area contributed by atoms with E-state index < -0.39 is 0 Å². The van der Waals surface area contributed by atoms with Crippen molar-refractivity contribution >= 4 is 0 Å². The van der Waals surface area contributed by atoms with Crippen LogP contribution < -0.4 is 0 Å². The van der Waals surface area contributed by atoms with E-state index in [1.54, 1.807) is 6.08 Å². The van der Waals surface area contributed by atoms with Gasteiger partial charge >= 0.3 is 0 Å². The summed E-state index contributed by atoms with van der Waals surface area (Å²) < 4.78 is 11.6. The van der Waals surface area contributed by atoms with Crippen LogP contribution in [0.25, 0.3) is 0 Å². The monoisotopic (exact) mass is 172 g/mol. The van der Waals surface area contributed by atoms with Gasteiger partial charge in [0.15, 0.2) is 0 Å². The molecule has 0 saturated heterocycles. The van der Waals surface area contributed by atoms with Gasteiger partial charge in [-0.15, -0.1) is 0 Å². The van der Waals surface area contributed by atoms with Gasteiger partial charge in [-0.25, -0.2) is 4.39 Å². The largest absolute Gasteiger partial charge is 0.247 e. The van der Waals surface area contributed by atoms with Crippen molar-refractivity contribution in [1.82, 2.24) is 0 Å². The Morgan fingerprint density at radius 2 is 1.58 bits per heavy atom. The first kappa shape index (κ1) is 11.7. The van der Waals surface area contributed by atoms with E-state index >= 15 is 0 Å². The highest BCUT2D eigenvalue weighted by molar-refractivity contribution is 4.80. The molecule has 0 unspecified atom stereocenters. The summed E-state index contributed by atoms with van der Waals surface area (Å²) in [6.45, 7) is 1.92. The van der Waals surface area contributed by atoms with Crippen LogP contribution in [-0.2, 0) is 0 Å². The van der Waals surface area contributed by atoms with E-state index in [9.17, 15) is 4.39 Å². The molecule has 0 aliphatic rings. The molecular formula is C11H21F. The Balaban J connectivity index is 2.86. The van der Waals surface area contributed by atoms with Crippen molar-refractivity contribution in [3.05, 3.63) is 12.2 Å². The van der Waals surface area contributed by atoms with Gasteiger partial charge in [0, 0.05) is 0 Å². The number of hydrogen-bond donors (Lipinski definition) is 0. The SMILES string of the molecule is CCCCCCCC/C=C/CF. The van der Waals surface area contributed by atoms with Crippen LogP contribution in [0, 0.1) is 0 Å². The molecule has 0 rings (SSSR count). The second-order valence-corrected chi connectivity index (χ2v) is 3.18. The number of unbranched alkanes of at least 4 members (excludes halogenated alkanes) is 6. The molecule has 0 atom stereocenters. The predicted octanol–water partition coefficient (Wildman–Crippen LogP) is 4.26. The Hall–Kier alpha value is -0.330. The van der Waals surface area contributed by atoms with E-state index in [0.29, 0.717) is 0 Å². The van der Waals surface area contributed by atoms with Crippen LogP contribution in [0.15, 0.2) is 12.2 Å². The summed E-state index contributed by atoms with van der Waals surface area (Å²) in [6.07, 6.45) is 12.5. The molecule has 0 saturated carbocycles. The molecule has 0 N–H and O–H groups in total. The van der Waals surface area contributed by atoms with Crippen molar-refractivity contribution in [1.29, 1.82) is 0 Å². The minimum Gasteiger partial charge on any atom is -0.247 e. The van der Waals surface area contributed by atoms with E-state index in [1.807, 2.05) is 6.08 Å². The summed E-state index contributed by atoms with van der Waals surface area (Å²) in [4.78, 5) is 0. The predicted molar refractivity (Wildman–Crippen MR) is 53.1 cm³/mol. The lowest BCUT2D eigenvalue weighted by Gasteiger charge is -1.97. The van der Waals surface area contributed by atoms with E-state index in [-0.39, 0.29) is 6.67 Å². The maximum absolute atomic E-state index is 11.6. The Labute approximate surface area is 75.9 Å². The van der Waals surface area contributed by atoms with Gasteiger partial charge in [-0.05, 0) is 12.8 Å². The fourth-order valence-corrected chi connectivity index (χ4v) is 1.22. The molecule has 0 aromatic heterocycles. The van der Waals surface area contributed by atoms with Crippen molar-refractivity contribution in [2.45, 2.75) is 51.9 Å². The lowest BCUT2D eigenvalue weighted by atomic mass is 10.1. The summed E-state index contributed by atoms with van der Waals surface area (Å²) >= 11 is 0. The zero-order chi connectivity index (χ0) is 9.07. The summed E-state index contributed by atoms with van der Waals surface area (Å²) in [5, 5.41) is 0. The molecule has 0 heterocycles. The second kappa shape index (κ2) is 10.7. The summed E-state index contributed by atoms with van der Waals surface area (Å²) in [7, 11) is 0. The van der Waals surface area contributed by atoms with Crippen molar-refractivity contribution < 1.29 is 4.39 Å². The lowest BCUT2D eigenvalue weighted by molar-refractivity contribution is 0.559. The van der Waals surface area contributed by atoms with Crippen molar-refractivity contribution in [3.63, 3.8) is 0 Å². The first-order chi connectivity index (χ1) is 5.91. The molecule has 0 aliphatic heterocycles. The van der Waals surface area contributed by atoms with E-state index in [1.165, 1.54) is 38.5 Å². The molecule has 12 heavy (non-hydrogen) atoms. The molecule has 0 radical (unpaired) electrons. The average molecular weight is 172 g/mol. The first-order valence-electron chi connectivity index (χ1n) is 5.12. The highest BCUT2D eigenvalue weighted by atomic mass is 19.1. The summed E-state index contributed by atoms with van der Waals surface area (Å²) in [5.41, 5.74) is 0. The van der Waals surface area contributed by atoms with Crippen LogP contribution >= 0.6 is 0 Å². The average Bonchev–Trinajstić information content (AvgIpc) is 2.10. The zero-order valence-corrected chi connectivity index (χ0v) is 8.19. The quantitative estimate of drug-likeness (QED) is 0.379. The first-order valence-corrected chi connectivity index (χ1v) is 5.12. The summed E-state index contributed by atoms with van der Waals surface area (Å²) in [6, 6.07) is 0.